The highest BCUT2D eigenvalue weighted by Crippen LogP contribution is 2.32. The minimum atomic E-state index is -3.78. The molecule has 1 heterocycles. The molecule has 0 atom stereocenters. The maximum absolute atomic E-state index is 12.2. The second-order valence-corrected chi connectivity index (χ2v) is 6.97. The van der Waals surface area contributed by atoms with Crippen LogP contribution in [0.5, 0.6) is 0 Å². The molecule has 9 heteroatoms. The number of thioether (sulfide) groups is 1. The summed E-state index contributed by atoms with van der Waals surface area (Å²) < 4.78 is 32.6. The van der Waals surface area contributed by atoms with Crippen LogP contribution in [0.1, 0.15) is 0 Å². The lowest BCUT2D eigenvalue weighted by atomic mass is 10.2. The summed E-state index contributed by atoms with van der Waals surface area (Å²) in [5.74, 6) is -0.459. The molecule has 0 unspecified atom stereocenters. The molecule has 0 bridgehead atoms. The van der Waals surface area contributed by atoms with E-state index < -0.39 is 16.0 Å². The molecule has 0 aromatic heterocycles. The number of amidine groups is 1. The Labute approximate surface area is 127 Å². The van der Waals surface area contributed by atoms with Crippen molar-refractivity contribution < 1.29 is 17.9 Å². The number of methoxy groups -OCH3 is 1. The molecule has 0 spiro atoms. The summed E-state index contributed by atoms with van der Waals surface area (Å²) in [4.78, 5) is 13.0. The largest absolute Gasteiger partial charge is 0.468 e. The molecule has 2 rings (SSSR count). The molecular weight excluding hydrogens is 314 g/mol. The summed E-state index contributed by atoms with van der Waals surface area (Å²) >= 11 is 0.981. The fourth-order valence-electron chi connectivity index (χ4n) is 1.65. The molecule has 0 saturated carbocycles. The van der Waals surface area contributed by atoms with Crippen molar-refractivity contribution >= 4 is 44.3 Å². The monoisotopic (exact) mass is 329 g/mol. The van der Waals surface area contributed by atoms with Gasteiger partial charge in [-0.3, -0.25) is 4.79 Å². The molecule has 1 N–H and O–H groups in total. The summed E-state index contributed by atoms with van der Waals surface area (Å²) in [6.07, 6.45) is 0. The predicted octanol–water partition coefficient (Wildman–Crippen LogP) is 1.13. The van der Waals surface area contributed by atoms with Gasteiger partial charge in [0.15, 0.2) is 5.17 Å². The van der Waals surface area contributed by atoms with Gasteiger partial charge in [-0.2, -0.15) is 8.42 Å². The van der Waals surface area contributed by atoms with Gasteiger partial charge in [-0.15, -0.1) is 4.40 Å². The van der Waals surface area contributed by atoms with Gasteiger partial charge in [-0.1, -0.05) is 11.8 Å². The SMILES string of the molecule is COC(=O)CSC1=NS(=O)(=O)c2cc(N(C)C)ccc2N1. The summed E-state index contributed by atoms with van der Waals surface area (Å²) in [5, 5.41) is 3.06. The lowest BCUT2D eigenvalue weighted by Crippen LogP contribution is -2.21. The number of hydrogen-bond acceptors (Lipinski definition) is 7. The minimum Gasteiger partial charge on any atom is -0.468 e. The van der Waals surface area contributed by atoms with E-state index >= 15 is 0 Å². The quantitative estimate of drug-likeness (QED) is 0.832. The Morgan fingerprint density at radius 1 is 1.43 bits per heavy atom. The molecule has 1 aliphatic heterocycles. The van der Waals surface area contributed by atoms with Crippen molar-refractivity contribution in [3.8, 4) is 0 Å². The third kappa shape index (κ3) is 3.48. The van der Waals surface area contributed by atoms with E-state index in [1.54, 1.807) is 23.1 Å². The number of nitrogens with zero attached hydrogens (tertiary/aromatic N) is 2. The van der Waals surface area contributed by atoms with Gasteiger partial charge in [-0.25, -0.2) is 0 Å². The van der Waals surface area contributed by atoms with E-state index in [0.29, 0.717) is 5.69 Å². The Morgan fingerprint density at radius 2 is 2.14 bits per heavy atom. The highest BCUT2D eigenvalue weighted by atomic mass is 32.2. The molecule has 1 aromatic carbocycles. The molecule has 21 heavy (non-hydrogen) atoms. The number of sulfonamides is 1. The number of nitrogens with one attached hydrogen (secondary N) is 1. The zero-order valence-electron chi connectivity index (χ0n) is 11.8. The van der Waals surface area contributed by atoms with Gasteiger partial charge in [0.1, 0.15) is 4.90 Å². The first kappa shape index (κ1) is 15.6. The number of hydrogen-bond donors (Lipinski definition) is 1. The standard InChI is InChI=1S/C12H15N3O4S2/c1-15(2)8-4-5-9-10(6-8)21(17,18)14-12(13-9)20-7-11(16)19-3/h4-6H,7H2,1-3H3,(H,13,14). The molecule has 114 valence electrons. The van der Waals surface area contributed by atoms with E-state index in [4.69, 9.17) is 0 Å². The van der Waals surface area contributed by atoms with Gasteiger partial charge in [0, 0.05) is 19.8 Å². The molecule has 1 aromatic rings. The number of rotatable bonds is 3. The van der Waals surface area contributed by atoms with Crippen LogP contribution in [-0.4, -0.2) is 46.5 Å². The van der Waals surface area contributed by atoms with Crippen LogP contribution in [0.4, 0.5) is 11.4 Å². The molecular formula is C12H15N3O4S2. The van der Waals surface area contributed by atoms with Crippen molar-refractivity contribution in [1.82, 2.24) is 0 Å². The van der Waals surface area contributed by atoms with Crippen LogP contribution in [0.2, 0.25) is 0 Å². The smallest absolute Gasteiger partial charge is 0.316 e. The first-order valence-electron chi connectivity index (χ1n) is 5.96. The van der Waals surface area contributed by atoms with E-state index in [-0.39, 0.29) is 15.8 Å². The first-order chi connectivity index (χ1) is 9.83. The van der Waals surface area contributed by atoms with E-state index in [1.165, 1.54) is 7.11 Å². The van der Waals surface area contributed by atoms with Crippen LogP contribution in [0.15, 0.2) is 27.5 Å². The van der Waals surface area contributed by atoms with Crippen molar-refractivity contribution in [1.29, 1.82) is 0 Å². The summed E-state index contributed by atoms with van der Waals surface area (Å²) in [6.45, 7) is 0. The van der Waals surface area contributed by atoms with E-state index in [1.807, 2.05) is 14.1 Å². The number of carbonyl (C=O) groups excluding carboxylic acids is 1. The van der Waals surface area contributed by atoms with E-state index in [9.17, 15) is 13.2 Å². The molecule has 7 nitrogen and oxygen atoms in total. The van der Waals surface area contributed by atoms with Crippen LogP contribution < -0.4 is 10.2 Å². The van der Waals surface area contributed by atoms with Crippen molar-refractivity contribution in [2.24, 2.45) is 4.40 Å². The molecule has 0 amide bonds. The Kier molecular flexibility index (Phi) is 4.43. The molecule has 0 radical (unpaired) electrons. The van der Waals surface area contributed by atoms with Gasteiger partial charge >= 0.3 is 5.97 Å². The Bertz CT molecular complexity index is 698. The molecule has 1 aliphatic rings. The van der Waals surface area contributed by atoms with Crippen LogP contribution in [0, 0.1) is 0 Å². The average Bonchev–Trinajstić information content (AvgIpc) is 2.43. The lowest BCUT2D eigenvalue weighted by Gasteiger charge is -2.20. The number of esters is 1. The number of fused-ring (bicyclic) bond motifs is 1. The number of carbonyl (C=O) groups is 1. The van der Waals surface area contributed by atoms with Gasteiger partial charge in [0.25, 0.3) is 10.0 Å². The zero-order valence-corrected chi connectivity index (χ0v) is 13.4. The van der Waals surface area contributed by atoms with E-state index in [2.05, 4.69) is 14.5 Å². The third-order valence-corrected chi connectivity index (χ3v) is 5.04. The Balaban J connectivity index is 2.29. The number of ether oxygens (including phenoxy) is 1. The normalized spacial score (nSPS) is 15.5. The van der Waals surface area contributed by atoms with Crippen LogP contribution in [-0.2, 0) is 19.6 Å². The zero-order chi connectivity index (χ0) is 15.6. The van der Waals surface area contributed by atoms with Gasteiger partial charge < -0.3 is 15.0 Å². The number of anilines is 2. The molecule has 0 fully saturated rings. The maximum Gasteiger partial charge on any atom is 0.316 e. The van der Waals surface area contributed by atoms with Crippen molar-refractivity contribution in [3.05, 3.63) is 18.2 Å². The maximum atomic E-state index is 12.2. The van der Waals surface area contributed by atoms with Gasteiger partial charge in [-0.05, 0) is 18.2 Å². The summed E-state index contributed by atoms with van der Waals surface area (Å²) in [7, 11) is 1.15. The van der Waals surface area contributed by atoms with E-state index in [0.717, 1.165) is 17.4 Å². The highest BCUT2D eigenvalue weighted by molar-refractivity contribution is 8.15. The number of benzene rings is 1. The first-order valence-corrected chi connectivity index (χ1v) is 8.39. The van der Waals surface area contributed by atoms with Gasteiger partial charge in [0.2, 0.25) is 0 Å². The Morgan fingerprint density at radius 3 is 2.76 bits per heavy atom. The average molecular weight is 329 g/mol. The fourth-order valence-corrected chi connectivity index (χ4v) is 3.74. The molecule has 0 saturated heterocycles. The summed E-state index contributed by atoms with van der Waals surface area (Å²) in [5.41, 5.74) is 1.21. The highest BCUT2D eigenvalue weighted by Gasteiger charge is 2.26. The lowest BCUT2D eigenvalue weighted by molar-refractivity contribution is -0.137. The predicted molar refractivity (Wildman–Crippen MR) is 83.5 cm³/mol. The van der Waals surface area contributed by atoms with Crippen LogP contribution in [0.3, 0.4) is 0 Å². The Hall–Kier alpha value is -1.74. The topological polar surface area (TPSA) is 88.1 Å². The summed E-state index contributed by atoms with van der Waals surface area (Å²) in [6, 6.07) is 5.04. The van der Waals surface area contributed by atoms with Crippen LogP contribution >= 0.6 is 11.8 Å². The van der Waals surface area contributed by atoms with Gasteiger partial charge in [0.05, 0.1) is 18.6 Å². The molecule has 0 aliphatic carbocycles. The van der Waals surface area contributed by atoms with Crippen molar-refractivity contribution in [2.45, 2.75) is 4.90 Å². The van der Waals surface area contributed by atoms with Crippen LogP contribution in [0.25, 0.3) is 0 Å². The second kappa shape index (κ2) is 5.94. The minimum absolute atomic E-state index is 0.0109. The third-order valence-electron chi connectivity index (χ3n) is 2.76. The second-order valence-electron chi connectivity index (χ2n) is 4.44. The van der Waals surface area contributed by atoms with Crippen molar-refractivity contribution in [3.63, 3.8) is 0 Å². The fraction of sp³-hybridized carbons (Fsp3) is 0.333. The van der Waals surface area contributed by atoms with Crippen molar-refractivity contribution in [2.75, 3.05) is 37.2 Å².